The maximum Gasteiger partial charge on any atom is 0.357 e. The van der Waals surface area contributed by atoms with Crippen LogP contribution in [-0.2, 0) is 14.3 Å². The van der Waals surface area contributed by atoms with E-state index in [-0.39, 0.29) is 34.4 Å². The molecule has 0 radical (unpaired) electrons. The van der Waals surface area contributed by atoms with Crippen molar-refractivity contribution in [3.05, 3.63) is 72.6 Å². The quantitative estimate of drug-likeness (QED) is 0.233. The van der Waals surface area contributed by atoms with E-state index in [4.69, 9.17) is 14.2 Å². The van der Waals surface area contributed by atoms with Gasteiger partial charge in [-0.05, 0) is 74.2 Å². The molecule has 0 spiro atoms. The molecule has 0 N–H and O–H groups in total. The Bertz CT molecular complexity index is 791. The van der Waals surface area contributed by atoms with Gasteiger partial charge in [0.25, 0.3) is 0 Å². The summed E-state index contributed by atoms with van der Waals surface area (Å²) in [4.78, 5) is 11.7. The maximum absolute atomic E-state index is 11.7. The van der Waals surface area contributed by atoms with Gasteiger partial charge in [0.05, 0.1) is 6.26 Å². The summed E-state index contributed by atoms with van der Waals surface area (Å²) in [6.45, 7) is 12.1. The summed E-state index contributed by atoms with van der Waals surface area (Å²) in [5.41, 5.74) is 4.73. The maximum atomic E-state index is 11.7. The predicted octanol–water partition coefficient (Wildman–Crippen LogP) is 1.13. The smallest absolute Gasteiger partial charge is 0.357 e. The van der Waals surface area contributed by atoms with E-state index in [9.17, 15) is 4.79 Å². The first-order valence-corrected chi connectivity index (χ1v) is 10.9. The number of aryl methyl sites for hydroxylation is 4. The van der Waals surface area contributed by atoms with Gasteiger partial charge in [-0.15, -0.1) is 0 Å². The zero-order chi connectivity index (χ0) is 19.8. The zero-order valence-electron chi connectivity index (χ0n) is 16.3. The number of carbonyl (C=O) groups excluding carboxylic acids is 1. The fraction of sp³-hybridized carbons (Fsp3) is 0.318. The second kappa shape index (κ2) is 10.3. The molecule has 4 nitrogen and oxygen atoms in total. The lowest BCUT2D eigenvalue weighted by Gasteiger charge is -2.11. The second-order valence-corrected chi connectivity index (χ2v) is 9.27. The number of carbonyl (C=O) groups is 1. The summed E-state index contributed by atoms with van der Waals surface area (Å²) in [6, 6.07) is 11.0. The highest BCUT2D eigenvalue weighted by Gasteiger charge is 2.20. The molecule has 0 aliphatic rings. The van der Waals surface area contributed by atoms with Crippen LogP contribution in [0.1, 0.15) is 22.3 Å². The predicted molar refractivity (Wildman–Crippen MR) is 102 cm³/mol. The van der Waals surface area contributed by atoms with E-state index in [1.165, 1.54) is 24.5 Å². The molecule has 0 saturated heterocycles. The molecular weight excluding hydrogens is 455 g/mol. The van der Waals surface area contributed by atoms with Gasteiger partial charge in [-0.25, -0.2) is 4.79 Å². The van der Waals surface area contributed by atoms with Crippen LogP contribution in [0.25, 0.3) is 0 Å². The van der Waals surface area contributed by atoms with Gasteiger partial charge < -0.3 is 14.2 Å². The molecule has 27 heavy (non-hydrogen) atoms. The normalized spacial score (nSPS) is 10.4. The molecule has 0 fully saturated rings. The average molecular weight is 481 g/mol. The Morgan fingerprint density at radius 2 is 1.63 bits per heavy atom. The average Bonchev–Trinajstić information content (AvgIpc) is 2.61. The number of hydrogen-bond donors (Lipinski definition) is 0. The monoisotopic (exact) mass is 481 g/mol. The number of rotatable bonds is 9. The van der Waals surface area contributed by atoms with Crippen molar-refractivity contribution in [3.8, 4) is 5.75 Å². The van der Waals surface area contributed by atoms with Gasteiger partial charge in [0.2, 0.25) is 0 Å². The SMILES string of the molecule is C=COCCOC(=O)COc1c(C)cc([I+]c2ccc(C)c(C)c2)cc1C. The van der Waals surface area contributed by atoms with Crippen LogP contribution in [0.3, 0.4) is 0 Å². The van der Waals surface area contributed by atoms with Gasteiger partial charge >= 0.3 is 27.2 Å². The molecule has 0 aliphatic carbocycles. The standard InChI is InChI=1S/C22H26IO4/c1-6-25-9-10-26-21(24)14-27-22-17(4)12-20(13-18(22)5)23-19-8-7-15(2)16(3)11-19/h6-8,11-13H,1,9-10,14H2,2-5H3/q+1. The van der Waals surface area contributed by atoms with E-state index >= 15 is 0 Å². The van der Waals surface area contributed by atoms with Crippen LogP contribution >= 0.6 is 0 Å². The highest BCUT2D eigenvalue weighted by molar-refractivity contribution is 5.71. The van der Waals surface area contributed by atoms with Crippen LogP contribution in [0.2, 0.25) is 0 Å². The van der Waals surface area contributed by atoms with Crippen LogP contribution in [0.15, 0.2) is 43.2 Å². The van der Waals surface area contributed by atoms with Crippen molar-refractivity contribution in [2.75, 3.05) is 19.8 Å². The summed E-state index contributed by atoms with van der Waals surface area (Å²) in [6.07, 6.45) is 1.32. The largest absolute Gasteiger partial charge is 0.498 e. The van der Waals surface area contributed by atoms with E-state index in [0.29, 0.717) is 6.61 Å². The van der Waals surface area contributed by atoms with Crippen molar-refractivity contribution in [1.29, 1.82) is 0 Å². The number of hydrogen-bond acceptors (Lipinski definition) is 4. The molecule has 0 aliphatic heterocycles. The minimum Gasteiger partial charge on any atom is -0.498 e. The molecule has 2 aromatic rings. The highest BCUT2D eigenvalue weighted by atomic mass is 127. The number of halogens is 1. The molecule has 5 heteroatoms. The molecule has 0 heterocycles. The molecule has 0 saturated carbocycles. The highest BCUT2D eigenvalue weighted by Crippen LogP contribution is 2.22. The fourth-order valence-corrected chi connectivity index (χ4v) is 5.48. The third kappa shape index (κ3) is 6.57. The van der Waals surface area contributed by atoms with Crippen LogP contribution in [-0.4, -0.2) is 25.8 Å². The van der Waals surface area contributed by atoms with Gasteiger partial charge in [-0.2, -0.15) is 0 Å². The molecule has 2 rings (SSSR count). The first kappa shape index (κ1) is 21.3. The molecule has 0 unspecified atom stereocenters. The molecule has 144 valence electrons. The lowest BCUT2D eigenvalue weighted by atomic mass is 10.1. The second-order valence-electron chi connectivity index (χ2n) is 6.24. The van der Waals surface area contributed by atoms with Crippen LogP contribution in [0.4, 0.5) is 0 Å². The number of benzene rings is 2. The topological polar surface area (TPSA) is 44.8 Å². The number of esters is 1. The van der Waals surface area contributed by atoms with Crippen molar-refractivity contribution in [2.45, 2.75) is 27.7 Å². The van der Waals surface area contributed by atoms with Crippen LogP contribution in [0.5, 0.6) is 5.75 Å². The van der Waals surface area contributed by atoms with Crippen molar-refractivity contribution >= 4 is 5.97 Å². The Kier molecular flexibility index (Phi) is 8.16. The zero-order valence-corrected chi connectivity index (χ0v) is 18.5. The first-order chi connectivity index (χ1) is 12.9. The third-order valence-electron chi connectivity index (χ3n) is 4.03. The minimum atomic E-state index is -0.409. The van der Waals surface area contributed by atoms with Gasteiger partial charge in [-0.1, -0.05) is 12.6 Å². The van der Waals surface area contributed by atoms with Gasteiger partial charge in [0.1, 0.15) is 19.0 Å². The summed E-state index contributed by atoms with van der Waals surface area (Å²) in [7, 11) is 0. The van der Waals surface area contributed by atoms with Gasteiger partial charge in [0, 0.05) is 0 Å². The summed E-state index contributed by atoms with van der Waals surface area (Å²) >= 11 is -0.251. The molecule has 2 aromatic carbocycles. The van der Waals surface area contributed by atoms with E-state index < -0.39 is 5.97 Å². The van der Waals surface area contributed by atoms with E-state index in [1.54, 1.807) is 0 Å². The Morgan fingerprint density at radius 1 is 0.963 bits per heavy atom. The van der Waals surface area contributed by atoms with Gasteiger partial charge in [0.15, 0.2) is 13.7 Å². The fourth-order valence-electron chi connectivity index (χ4n) is 2.53. The third-order valence-corrected chi connectivity index (χ3v) is 6.57. The van der Waals surface area contributed by atoms with Gasteiger partial charge in [-0.3, -0.25) is 0 Å². The van der Waals surface area contributed by atoms with Crippen LogP contribution < -0.4 is 25.9 Å². The summed E-state index contributed by atoms with van der Waals surface area (Å²) < 4.78 is 18.4. The minimum absolute atomic E-state index is 0.110. The van der Waals surface area contributed by atoms with Crippen LogP contribution in [0, 0.1) is 34.8 Å². The lowest BCUT2D eigenvalue weighted by molar-refractivity contribution is -0.597. The van der Waals surface area contributed by atoms with Crippen molar-refractivity contribution in [1.82, 2.24) is 0 Å². The van der Waals surface area contributed by atoms with Crippen molar-refractivity contribution in [2.24, 2.45) is 0 Å². The van der Waals surface area contributed by atoms with E-state index in [2.05, 4.69) is 50.8 Å². The Balaban J connectivity index is 1.98. The Hall–Kier alpha value is -2.02. The molecule has 0 bridgehead atoms. The summed E-state index contributed by atoms with van der Waals surface area (Å²) in [5, 5.41) is 0. The van der Waals surface area contributed by atoms with Crippen molar-refractivity contribution in [3.63, 3.8) is 0 Å². The molecule has 0 amide bonds. The molecule has 0 atom stereocenters. The molecular formula is C22H26IO4+. The number of ether oxygens (including phenoxy) is 3. The van der Waals surface area contributed by atoms with E-state index in [0.717, 1.165) is 16.9 Å². The summed E-state index contributed by atoms with van der Waals surface area (Å²) in [5.74, 6) is 0.343. The molecule has 0 aromatic heterocycles. The lowest BCUT2D eigenvalue weighted by Crippen LogP contribution is -3.61. The van der Waals surface area contributed by atoms with E-state index in [1.807, 2.05) is 13.8 Å². The first-order valence-electron chi connectivity index (χ1n) is 8.75. The van der Waals surface area contributed by atoms with Crippen molar-refractivity contribution < 1.29 is 40.2 Å². The Labute approximate surface area is 171 Å². The Morgan fingerprint density at radius 3 is 2.26 bits per heavy atom.